The number of aliphatic hydroxyl groups is 1. The van der Waals surface area contributed by atoms with Crippen LogP contribution in [0.1, 0.15) is 37.4 Å². The van der Waals surface area contributed by atoms with Crippen LogP contribution >= 0.6 is 0 Å². The molecule has 0 spiro atoms. The van der Waals surface area contributed by atoms with Gasteiger partial charge in [0.05, 0.1) is 23.2 Å². The molecule has 3 heteroatoms. The third kappa shape index (κ3) is 3.96. The van der Waals surface area contributed by atoms with Gasteiger partial charge in [-0.25, -0.2) is 0 Å². The lowest BCUT2D eigenvalue weighted by atomic mass is 10.0. The van der Waals surface area contributed by atoms with Crippen LogP contribution in [0.5, 0.6) is 0 Å². The minimum absolute atomic E-state index is 0.306. The van der Waals surface area contributed by atoms with Gasteiger partial charge in [-0.15, -0.1) is 0 Å². The fourth-order valence-electron chi connectivity index (χ4n) is 1.63. The zero-order valence-electron chi connectivity index (χ0n) is 9.99. The molecule has 1 heterocycles. The summed E-state index contributed by atoms with van der Waals surface area (Å²) in [6.45, 7) is 8.07. The first-order valence-electron chi connectivity index (χ1n) is 5.46. The average molecular weight is 208 g/mol. The first-order valence-corrected chi connectivity index (χ1v) is 5.46. The molecule has 0 amide bonds. The van der Waals surface area contributed by atoms with Crippen molar-refractivity contribution in [2.24, 2.45) is 5.92 Å². The lowest BCUT2D eigenvalue weighted by Crippen LogP contribution is -2.15. The molecular weight excluding hydrogens is 188 g/mol. The normalized spacial score (nSPS) is 13.2. The van der Waals surface area contributed by atoms with Gasteiger partial charge >= 0.3 is 0 Å². The van der Waals surface area contributed by atoms with Crippen molar-refractivity contribution in [1.29, 1.82) is 0 Å². The molecule has 1 N–H and O–H groups in total. The van der Waals surface area contributed by atoms with Crippen LogP contribution in [0, 0.1) is 19.8 Å². The first-order chi connectivity index (χ1) is 6.99. The Morgan fingerprint density at radius 1 is 1.33 bits per heavy atom. The van der Waals surface area contributed by atoms with Gasteiger partial charge in [-0.2, -0.15) is 0 Å². The van der Waals surface area contributed by atoms with Gasteiger partial charge in [0.15, 0.2) is 0 Å². The summed E-state index contributed by atoms with van der Waals surface area (Å²) in [6.07, 6.45) is 2.88. The van der Waals surface area contributed by atoms with Crippen LogP contribution in [-0.2, 0) is 6.42 Å². The van der Waals surface area contributed by atoms with E-state index in [1.54, 1.807) is 6.20 Å². The summed E-state index contributed by atoms with van der Waals surface area (Å²) in [6, 6.07) is 0. The molecule has 1 rings (SSSR count). The second kappa shape index (κ2) is 5.21. The van der Waals surface area contributed by atoms with Crippen molar-refractivity contribution < 1.29 is 5.11 Å². The largest absolute Gasteiger partial charge is 0.393 e. The monoisotopic (exact) mass is 208 g/mol. The Hall–Kier alpha value is -0.960. The van der Waals surface area contributed by atoms with Gasteiger partial charge in [0.2, 0.25) is 0 Å². The molecule has 0 aliphatic carbocycles. The van der Waals surface area contributed by atoms with E-state index in [9.17, 15) is 5.11 Å². The second-order valence-corrected chi connectivity index (χ2v) is 4.53. The third-order valence-corrected chi connectivity index (χ3v) is 2.35. The molecule has 0 saturated heterocycles. The molecule has 15 heavy (non-hydrogen) atoms. The van der Waals surface area contributed by atoms with Gasteiger partial charge in [0, 0.05) is 12.6 Å². The molecule has 0 aromatic carbocycles. The van der Waals surface area contributed by atoms with Crippen molar-refractivity contribution >= 4 is 0 Å². The predicted molar refractivity (Wildman–Crippen MR) is 60.7 cm³/mol. The summed E-state index contributed by atoms with van der Waals surface area (Å²) < 4.78 is 0. The lowest BCUT2D eigenvalue weighted by molar-refractivity contribution is 0.147. The van der Waals surface area contributed by atoms with E-state index < -0.39 is 0 Å². The van der Waals surface area contributed by atoms with Crippen LogP contribution in [0.2, 0.25) is 0 Å². The summed E-state index contributed by atoms with van der Waals surface area (Å²) in [5.41, 5.74) is 2.75. The SMILES string of the molecule is Cc1cnc(C)c(CC(O)CC(C)C)n1. The summed E-state index contributed by atoms with van der Waals surface area (Å²) in [7, 11) is 0. The summed E-state index contributed by atoms with van der Waals surface area (Å²) in [5, 5.41) is 9.82. The lowest BCUT2D eigenvalue weighted by Gasteiger charge is -2.13. The fraction of sp³-hybridized carbons (Fsp3) is 0.667. The van der Waals surface area contributed by atoms with E-state index in [-0.39, 0.29) is 6.10 Å². The maximum absolute atomic E-state index is 9.82. The van der Waals surface area contributed by atoms with E-state index in [0.29, 0.717) is 12.3 Å². The van der Waals surface area contributed by atoms with Gasteiger partial charge in [-0.3, -0.25) is 9.97 Å². The molecule has 3 nitrogen and oxygen atoms in total. The molecular formula is C12H20N2O. The van der Waals surface area contributed by atoms with Gasteiger partial charge in [0.1, 0.15) is 0 Å². The number of hydrogen-bond donors (Lipinski definition) is 1. The molecule has 0 radical (unpaired) electrons. The average Bonchev–Trinajstić information content (AvgIpc) is 2.10. The minimum atomic E-state index is -0.306. The fourth-order valence-corrected chi connectivity index (χ4v) is 1.63. The Morgan fingerprint density at radius 3 is 2.60 bits per heavy atom. The van der Waals surface area contributed by atoms with Crippen molar-refractivity contribution in [3.63, 3.8) is 0 Å². The van der Waals surface area contributed by atoms with Crippen LogP contribution < -0.4 is 0 Å². The number of aryl methyl sites for hydroxylation is 2. The minimum Gasteiger partial charge on any atom is -0.393 e. The van der Waals surface area contributed by atoms with Crippen molar-refractivity contribution in [3.8, 4) is 0 Å². The molecule has 1 aromatic rings. The Kier molecular flexibility index (Phi) is 4.21. The van der Waals surface area contributed by atoms with Crippen LogP contribution in [0.4, 0.5) is 0 Å². The smallest absolute Gasteiger partial charge is 0.0644 e. The number of nitrogens with zero attached hydrogens (tertiary/aromatic N) is 2. The Balaban J connectivity index is 2.67. The second-order valence-electron chi connectivity index (χ2n) is 4.53. The maximum Gasteiger partial charge on any atom is 0.0644 e. The number of rotatable bonds is 4. The molecule has 1 aromatic heterocycles. The quantitative estimate of drug-likeness (QED) is 0.823. The molecule has 84 valence electrons. The van der Waals surface area contributed by atoms with Gasteiger partial charge in [-0.05, 0) is 26.2 Å². The Morgan fingerprint density at radius 2 is 2.00 bits per heavy atom. The first kappa shape index (κ1) is 12.1. The van der Waals surface area contributed by atoms with Crippen molar-refractivity contribution in [2.45, 2.75) is 46.6 Å². The van der Waals surface area contributed by atoms with Crippen molar-refractivity contribution in [3.05, 3.63) is 23.3 Å². The maximum atomic E-state index is 9.82. The molecule has 0 saturated carbocycles. The topological polar surface area (TPSA) is 46.0 Å². The van der Waals surface area contributed by atoms with E-state index in [4.69, 9.17) is 0 Å². The molecule has 1 atom stereocenters. The van der Waals surface area contributed by atoms with Crippen LogP contribution in [-0.4, -0.2) is 21.2 Å². The predicted octanol–water partition coefficient (Wildman–Crippen LogP) is 2.04. The number of hydrogen-bond acceptors (Lipinski definition) is 3. The van der Waals surface area contributed by atoms with Crippen molar-refractivity contribution in [2.75, 3.05) is 0 Å². The standard InChI is InChI=1S/C12H20N2O/c1-8(2)5-11(15)6-12-10(4)13-7-9(3)14-12/h7-8,11,15H,5-6H2,1-4H3. The van der Waals surface area contributed by atoms with Gasteiger partial charge < -0.3 is 5.11 Å². The molecule has 0 bridgehead atoms. The summed E-state index contributed by atoms with van der Waals surface area (Å²) in [4.78, 5) is 8.63. The highest BCUT2D eigenvalue weighted by atomic mass is 16.3. The number of aliphatic hydroxyl groups excluding tert-OH is 1. The van der Waals surface area contributed by atoms with E-state index >= 15 is 0 Å². The molecule has 0 aliphatic rings. The van der Waals surface area contributed by atoms with Gasteiger partial charge in [-0.1, -0.05) is 13.8 Å². The number of aromatic nitrogens is 2. The van der Waals surface area contributed by atoms with E-state index in [0.717, 1.165) is 23.5 Å². The Labute approximate surface area is 91.6 Å². The van der Waals surface area contributed by atoms with E-state index in [2.05, 4.69) is 23.8 Å². The molecule has 1 unspecified atom stereocenters. The summed E-state index contributed by atoms with van der Waals surface area (Å²) >= 11 is 0. The molecule has 0 fully saturated rings. The molecule has 0 aliphatic heterocycles. The zero-order valence-corrected chi connectivity index (χ0v) is 9.99. The van der Waals surface area contributed by atoms with Crippen LogP contribution in [0.25, 0.3) is 0 Å². The third-order valence-electron chi connectivity index (χ3n) is 2.35. The summed E-state index contributed by atoms with van der Waals surface area (Å²) in [5.74, 6) is 0.512. The van der Waals surface area contributed by atoms with E-state index in [1.165, 1.54) is 0 Å². The highest BCUT2D eigenvalue weighted by Gasteiger charge is 2.11. The van der Waals surface area contributed by atoms with Crippen LogP contribution in [0.15, 0.2) is 6.20 Å². The van der Waals surface area contributed by atoms with Gasteiger partial charge in [0.25, 0.3) is 0 Å². The van der Waals surface area contributed by atoms with Crippen molar-refractivity contribution in [1.82, 2.24) is 9.97 Å². The van der Waals surface area contributed by atoms with E-state index in [1.807, 2.05) is 13.8 Å². The highest BCUT2D eigenvalue weighted by molar-refractivity contribution is 5.12. The Bertz CT molecular complexity index is 323. The highest BCUT2D eigenvalue weighted by Crippen LogP contribution is 2.11. The zero-order chi connectivity index (χ0) is 11.4. The van der Waals surface area contributed by atoms with Crippen LogP contribution in [0.3, 0.4) is 0 Å².